The van der Waals surface area contributed by atoms with Gasteiger partial charge in [-0.3, -0.25) is 4.79 Å². The number of pyridine rings is 1. The Labute approximate surface area is 113 Å². The van der Waals surface area contributed by atoms with E-state index in [4.69, 9.17) is 10.7 Å². The summed E-state index contributed by atoms with van der Waals surface area (Å²) in [6.45, 7) is 1.96. The minimum absolute atomic E-state index is 0.380. The molecule has 1 amide bonds. The van der Waals surface area contributed by atoms with E-state index in [0.29, 0.717) is 11.6 Å². The zero-order valence-corrected chi connectivity index (χ0v) is 11.3. The Kier molecular flexibility index (Phi) is 3.14. The molecule has 2 aliphatic rings. The average Bonchev–Trinajstić information content (AvgIpc) is 3.06. The van der Waals surface area contributed by atoms with Crippen molar-refractivity contribution in [3.8, 4) is 0 Å². The number of amides is 1. The maximum absolute atomic E-state index is 11.7. The van der Waals surface area contributed by atoms with Crippen LogP contribution < -0.4 is 16.0 Å². The monoisotopic (exact) mass is 260 g/mol. The van der Waals surface area contributed by atoms with Crippen molar-refractivity contribution in [1.82, 2.24) is 10.3 Å². The van der Waals surface area contributed by atoms with Crippen LogP contribution in [0.2, 0.25) is 0 Å². The summed E-state index contributed by atoms with van der Waals surface area (Å²) in [6.07, 6.45) is 4.22. The first-order valence-electron chi connectivity index (χ1n) is 6.93. The number of carbonyl (C=O) groups is 1. The Morgan fingerprint density at radius 3 is 3.05 bits per heavy atom. The van der Waals surface area contributed by atoms with Crippen LogP contribution in [0.5, 0.6) is 0 Å². The molecule has 1 saturated heterocycles. The molecule has 0 saturated carbocycles. The van der Waals surface area contributed by atoms with E-state index in [1.807, 2.05) is 13.1 Å². The molecule has 5 heteroatoms. The molecule has 102 valence electrons. The Morgan fingerprint density at radius 1 is 1.53 bits per heavy atom. The average molecular weight is 260 g/mol. The second-order valence-corrected chi connectivity index (χ2v) is 5.44. The lowest BCUT2D eigenvalue weighted by atomic mass is 10.1. The number of rotatable bonds is 3. The number of nitrogens with one attached hydrogen (secondary N) is 1. The van der Waals surface area contributed by atoms with Crippen molar-refractivity contribution in [2.45, 2.75) is 31.7 Å². The Morgan fingerprint density at radius 2 is 2.37 bits per heavy atom. The van der Waals surface area contributed by atoms with Crippen molar-refractivity contribution in [3.05, 3.63) is 22.9 Å². The van der Waals surface area contributed by atoms with Gasteiger partial charge in [0.15, 0.2) is 0 Å². The van der Waals surface area contributed by atoms with E-state index in [1.54, 1.807) is 0 Å². The van der Waals surface area contributed by atoms with Crippen molar-refractivity contribution in [2.24, 2.45) is 5.73 Å². The number of anilines is 1. The van der Waals surface area contributed by atoms with Gasteiger partial charge in [0.25, 0.3) is 5.91 Å². The van der Waals surface area contributed by atoms with Crippen molar-refractivity contribution < 1.29 is 4.79 Å². The lowest BCUT2D eigenvalue weighted by molar-refractivity contribution is 0.100. The molecule has 0 bridgehead atoms. The van der Waals surface area contributed by atoms with E-state index in [2.05, 4.69) is 10.2 Å². The van der Waals surface area contributed by atoms with Crippen LogP contribution >= 0.6 is 0 Å². The van der Waals surface area contributed by atoms with Gasteiger partial charge < -0.3 is 16.0 Å². The van der Waals surface area contributed by atoms with Gasteiger partial charge in [-0.1, -0.05) is 0 Å². The van der Waals surface area contributed by atoms with Gasteiger partial charge in [0.05, 0.1) is 5.56 Å². The molecule has 2 heterocycles. The van der Waals surface area contributed by atoms with Crippen molar-refractivity contribution >= 4 is 11.7 Å². The fraction of sp³-hybridized carbons (Fsp3) is 0.571. The zero-order chi connectivity index (χ0) is 13.4. The van der Waals surface area contributed by atoms with Gasteiger partial charge in [-0.05, 0) is 43.9 Å². The van der Waals surface area contributed by atoms with Crippen LogP contribution in [0.3, 0.4) is 0 Å². The second kappa shape index (κ2) is 4.81. The molecule has 1 aromatic rings. The quantitative estimate of drug-likeness (QED) is 0.828. The molecule has 1 unspecified atom stereocenters. The Bertz CT molecular complexity index is 508. The first-order valence-corrected chi connectivity index (χ1v) is 6.93. The fourth-order valence-electron chi connectivity index (χ4n) is 3.05. The number of nitrogens with two attached hydrogens (primary N) is 1. The molecule has 1 aliphatic heterocycles. The third-order valence-corrected chi connectivity index (χ3v) is 4.21. The van der Waals surface area contributed by atoms with E-state index in [9.17, 15) is 4.79 Å². The van der Waals surface area contributed by atoms with Crippen LogP contribution in [0.25, 0.3) is 0 Å². The highest BCUT2D eigenvalue weighted by Crippen LogP contribution is 2.28. The highest BCUT2D eigenvalue weighted by molar-refractivity contribution is 5.98. The van der Waals surface area contributed by atoms with Crippen LogP contribution in [0.15, 0.2) is 6.07 Å². The van der Waals surface area contributed by atoms with E-state index < -0.39 is 0 Å². The predicted molar refractivity (Wildman–Crippen MR) is 74.5 cm³/mol. The summed E-state index contributed by atoms with van der Waals surface area (Å²) in [4.78, 5) is 18.5. The normalized spacial score (nSPS) is 21.4. The van der Waals surface area contributed by atoms with Gasteiger partial charge >= 0.3 is 0 Å². The second-order valence-electron chi connectivity index (χ2n) is 5.44. The maximum Gasteiger partial charge on any atom is 0.252 e. The number of nitrogens with zero attached hydrogens (tertiary/aromatic N) is 2. The number of aromatic nitrogens is 1. The molecule has 1 aromatic heterocycles. The molecule has 3 rings (SSSR count). The molecular weight excluding hydrogens is 240 g/mol. The lowest BCUT2D eigenvalue weighted by Gasteiger charge is -2.27. The van der Waals surface area contributed by atoms with Gasteiger partial charge in [0, 0.05) is 25.3 Å². The summed E-state index contributed by atoms with van der Waals surface area (Å²) >= 11 is 0. The number of likely N-dealkylation sites (N-methyl/N-ethyl adjacent to an activating group) is 1. The first-order chi connectivity index (χ1) is 9.16. The first kappa shape index (κ1) is 12.4. The molecule has 3 N–H and O–H groups in total. The third-order valence-electron chi connectivity index (χ3n) is 4.21. The van der Waals surface area contributed by atoms with E-state index >= 15 is 0 Å². The standard InChI is InChI=1S/C14H20N4O/c1-18(10-5-6-16-8-10)14-11(13(15)19)7-9-3-2-4-12(9)17-14/h7,10,16H,2-6,8H2,1H3,(H2,15,19). The number of hydrogen-bond donors (Lipinski definition) is 2. The van der Waals surface area contributed by atoms with Crippen LogP contribution in [0, 0.1) is 0 Å². The molecule has 19 heavy (non-hydrogen) atoms. The van der Waals surface area contributed by atoms with Crippen molar-refractivity contribution in [3.63, 3.8) is 0 Å². The van der Waals surface area contributed by atoms with Gasteiger partial charge in [-0.25, -0.2) is 4.98 Å². The minimum Gasteiger partial charge on any atom is -0.365 e. The van der Waals surface area contributed by atoms with Crippen molar-refractivity contribution in [2.75, 3.05) is 25.0 Å². The SMILES string of the molecule is CN(c1nc2c(cc1C(N)=O)CCC2)C1CCNC1. The number of fused-ring (bicyclic) bond motifs is 1. The summed E-state index contributed by atoms with van der Waals surface area (Å²) in [5.41, 5.74) is 8.42. The molecular formula is C14H20N4O. The van der Waals surface area contributed by atoms with Crippen LogP contribution in [0.4, 0.5) is 5.82 Å². The topological polar surface area (TPSA) is 71.2 Å². The summed E-state index contributed by atoms with van der Waals surface area (Å²) in [7, 11) is 2.01. The molecule has 0 radical (unpaired) electrons. The van der Waals surface area contributed by atoms with Crippen LogP contribution in [-0.4, -0.2) is 37.1 Å². The maximum atomic E-state index is 11.7. The van der Waals surface area contributed by atoms with Crippen molar-refractivity contribution in [1.29, 1.82) is 0 Å². The van der Waals surface area contributed by atoms with Gasteiger partial charge in [-0.15, -0.1) is 0 Å². The van der Waals surface area contributed by atoms with Crippen LogP contribution in [0.1, 0.15) is 34.5 Å². The van der Waals surface area contributed by atoms with Gasteiger partial charge in [0.1, 0.15) is 5.82 Å². The minimum atomic E-state index is -0.380. The van der Waals surface area contributed by atoms with Gasteiger partial charge in [0.2, 0.25) is 0 Å². The van der Waals surface area contributed by atoms with Gasteiger partial charge in [-0.2, -0.15) is 0 Å². The lowest BCUT2D eigenvalue weighted by Crippen LogP contribution is -2.35. The zero-order valence-electron chi connectivity index (χ0n) is 11.3. The summed E-state index contributed by atoms with van der Waals surface area (Å²) in [5.74, 6) is 0.372. The highest BCUT2D eigenvalue weighted by atomic mass is 16.1. The number of primary amides is 1. The molecule has 1 fully saturated rings. The molecule has 1 aliphatic carbocycles. The van der Waals surface area contributed by atoms with Crippen LogP contribution in [-0.2, 0) is 12.8 Å². The largest absolute Gasteiger partial charge is 0.365 e. The van der Waals surface area contributed by atoms with E-state index in [1.165, 1.54) is 5.56 Å². The number of hydrogen-bond acceptors (Lipinski definition) is 4. The fourth-order valence-corrected chi connectivity index (χ4v) is 3.05. The molecule has 0 aromatic carbocycles. The highest BCUT2D eigenvalue weighted by Gasteiger charge is 2.26. The smallest absolute Gasteiger partial charge is 0.252 e. The Balaban J connectivity index is 2.00. The number of carbonyl (C=O) groups excluding carboxylic acids is 1. The third kappa shape index (κ3) is 2.18. The summed E-state index contributed by atoms with van der Waals surface area (Å²) in [6, 6.07) is 2.34. The molecule has 5 nitrogen and oxygen atoms in total. The summed E-state index contributed by atoms with van der Waals surface area (Å²) in [5, 5.41) is 3.34. The number of aryl methyl sites for hydroxylation is 2. The molecule has 1 atom stereocenters. The molecule has 0 spiro atoms. The van der Waals surface area contributed by atoms with E-state index in [-0.39, 0.29) is 5.91 Å². The predicted octanol–water partition coefficient (Wildman–Crippen LogP) is 0.467. The van der Waals surface area contributed by atoms with E-state index in [0.717, 1.165) is 50.3 Å². The Hall–Kier alpha value is -1.62. The summed E-state index contributed by atoms with van der Waals surface area (Å²) < 4.78 is 0.